The number of ether oxygens (including phenoxy) is 1. The van der Waals surface area contributed by atoms with Gasteiger partial charge in [0.1, 0.15) is 0 Å². The van der Waals surface area contributed by atoms with Gasteiger partial charge in [0.25, 0.3) is 0 Å². The molecule has 2 saturated heterocycles. The van der Waals surface area contributed by atoms with E-state index in [2.05, 4.69) is 10.7 Å². The monoisotopic (exact) mass is 238 g/mol. The van der Waals surface area contributed by atoms with Crippen molar-refractivity contribution in [1.29, 1.82) is 0 Å². The highest BCUT2D eigenvalue weighted by Crippen LogP contribution is 2.26. The fourth-order valence-electron chi connectivity index (χ4n) is 2.52. The van der Waals surface area contributed by atoms with Gasteiger partial charge in [-0.25, -0.2) is 4.98 Å². The number of aromatic nitrogens is 1. The molecule has 1 aromatic heterocycles. The molecule has 0 radical (unpaired) electrons. The molecule has 3 nitrogen and oxygen atoms in total. The molecule has 3 heterocycles. The summed E-state index contributed by atoms with van der Waals surface area (Å²) < 4.78 is 5.64. The molecule has 4 heteroatoms. The largest absolute Gasteiger partial charge is 0.378 e. The summed E-state index contributed by atoms with van der Waals surface area (Å²) in [7, 11) is 0. The molecule has 0 saturated carbocycles. The van der Waals surface area contributed by atoms with Gasteiger partial charge in [0.2, 0.25) is 0 Å². The van der Waals surface area contributed by atoms with E-state index in [0.29, 0.717) is 12.1 Å². The number of thiazole rings is 1. The summed E-state index contributed by atoms with van der Waals surface area (Å²) in [5, 5.41) is 6.95. The predicted molar refractivity (Wildman–Crippen MR) is 64.8 cm³/mol. The Morgan fingerprint density at radius 2 is 2.44 bits per heavy atom. The number of rotatable bonds is 3. The van der Waals surface area contributed by atoms with Crippen LogP contribution >= 0.6 is 11.3 Å². The molecule has 2 fully saturated rings. The van der Waals surface area contributed by atoms with Crippen LogP contribution in [0.25, 0.3) is 0 Å². The average Bonchev–Trinajstić information content (AvgIpc) is 2.99. The molecule has 0 aromatic carbocycles. The van der Waals surface area contributed by atoms with E-state index in [0.717, 1.165) is 19.6 Å². The maximum atomic E-state index is 5.64. The quantitative estimate of drug-likeness (QED) is 0.877. The van der Waals surface area contributed by atoms with Crippen molar-refractivity contribution in [2.75, 3.05) is 13.2 Å². The van der Waals surface area contributed by atoms with Gasteiger partial charge >= 0.3 is 0 Å². The third kappa shape index (κ3) is 2.29. The van der Waals surface area contributed by atoms with E-state index in [-0.39, 0.29) is 0 Å². The van der Waals surface area contributed by atoms with Crippen molar-refractivity contribution in [3.63, 3.8) is 0 Å². The third-order valence-corrected chi connectivity index (χ3v) is 4.30. The molecule has 88 valence electrons. The van der Waals surface area contributed by atoms with Crippen LogP contribution in [0.5, 0.6) is 0 Å². The zero-order chi connectivity index (χ0) is 10.8. The summed E-state index contributed by atoms with van der Waals surface area (Å²) in [6.45, 7) is 2.08. The van der Waals surface area contributed by atoms with Crippen molar-refractivity contribution in [3.8, 4) is 0 Å². The van der Waals surface area contributed by atoms with Crippen LogP contribution in [0.3, 0.4) is 0 Å². The van der Waals surface area contributed by atoms with Crippen molar-refractivity contribution >= 4 is 11.3 Å². The van der Waals surface area contributed by atoms with E-state index in [1.807, 2.05) is 0 Å². The van der Waals surface area contributed by atoms with Crippen molar-refractivity contribution in [3.05, 3.63) is 16.1 Å². The first-order valence-electron chi connectivity index (χ1n) is 6.21. The summed E-state index contributed by atoms with van der Waals surface area (Å²) >= 11 is 1.79. The Balaban J connectivity index is 1.62. The number of hydrogen-bond acceptors (Lipinski definition) is 4. The van der Waals surface area contributed by atoms with Crippen LogP contribution in [0, 0.1) is 0 Å². The summed E-state index contributed by atoms with van der Waals surface area (Å²) in [5.74, 6) is 0. The zero-order valence-corrected chi connectivity index (χ0v) is 10.3. The minimum Gasteiger partial charge on any atom is -0.378 e. The van der Waals surface area contributed by atoms with Crippen LogP contribution in [0.1, 0.15) is 42.4 Å². The van der Waals surface area contributed by atoms with Crippen molar-refractivity contribution in [2.45, 2.75) is 44.2 Å². The minimum absolute atomic E-state index is 0.426. The summed E-state index contributed by atoms with van der Waals surface area (Å²) in [6, 6.07) is 0.509. The normalized spacial score (nSPS) is 30.0. The van der Waals surface area contributed by atoms with E-state index >= 15 is 0 Å². The molecule has 3 rings (SSSR count). The highest BCUT2D eigenvalue weighted by atomic mass is 32.1. The van der Waals surface area contributed by atoms with Crippen LogP contribution in [0.4, 0.5) is 0 Å². The topological polar surface area (TPSA) is 34.1 Å². The van der Waals surface area contributed by atoms with E-state index < -0.39 is 0 Å². The van der Waals surface area contributed by atoms with Gasteiger partial charge in [0.05, 0.1) is 22.8 Å². The van der Waals surface area contributed by atoms with E-state index in [9.17, 15) is 0 Å². The predicted octanol–water partition coefficient (Wildman–Crippen LogP) is 2.29. The molecular formula is C12H18N2OS. The lowest BCUT2D eigenvalue weighted by atomic mass is 10.2. The van der Waals surface area contributed by atoms with Gasteiger partial charge in [-0.3, -0.25) is 0 Å². The Labute approximate surface area is 100 Å². The van der Waals surface area contributed by atoms with Gasteiger partial charge in [-0.1, -0.05) is 0 Å². The highest BCUT2D eigenvalue weighted by Gasteiger charge is 2.21. The van der Waals surface area contributed by atoms with Gasteiger partial charge in [0.15, 0.2) is 0 Å². The van der Waals surface area contributed by atoms with E-state index in [1.54, 1.807) is 11.3 Å². The van der Waals surface area contributed by atoms with E-state index in [1.165, 1.54) is 36.4 Å². The van der Waals surface area contributed by atoms with E-state index in [4.69, 9.17) is 9.72 Å². The number of nitrogens with one attached hydrogen (secondary N) is 1. The fourth-order valence-corrected chi connectivity index (χ4v) is 3.43. The molecule has 2 aliphatic heterocycles. The fraction of sp³-hybridized carbons (Fsp3) is 0.750. The third-order valence-electron chi connectivity index (χ3n) is 3.41. The second-order valence-electron chi connectivity index (χ2n) is 4.65. The molecule has 2 aliphatic rings. The first kappa shape index (κ1) is 10.7. The molecule has 1 N–H and O–H groups in total. The molecule has 2 unspecified atom stereocenters. The number of hydrogen-bond donors (Lipinski definition) is 1. The van der Waals surface area contributed by atoms with Crippen LogP contribution < -0.4 is 5.32 Å². The van der Waals surface area contributed by atoms with Crippen LogP contribution in [-0.4, -0.2) is 24.2 Å². The van der Waals surface area contributed by atoms with Crippen LogP contribution in [0.15, 0.2) is 5.38 Å². The SMILES string of the molecule is c1sc(CC2CCCO2)nc1C1CCCN1. The second-order valence-corrected chi connectivity index (χ2v) is 5.60. The first-order valence-corrected chi connectivity index (χ1v) is 7.09. The Hall–Kier alpha value is -0.450. The molecule has 0 amide bonds. The maximum Gasteiger partial charge on any atom is 0.0954 e. The smallest absolute Gasteiger partial charge is 0.0954 e. The molecule has 1 aromatic rings. The summed E-state index contributed by atoms with van der Waals surface area (Å²) in [6.07, 6.45) is 6.38. The van der Waals surface area contributed by atoms with Crippen LogP contribution in [0.2, 0.25) is 0 Å². The molecule has 0 bridgehead atoms. The highest BCUT2D eigenvalue weighted by molar-refractivity contribution is 7.09. The van der Waals surface area contributed by atoms with Crippen molar-refractivity contribution < 1.29 is 4.74 Å². The number of nitrogens with zero attached hydrogens (tertiary/aromatic N) is 1. The lowest BCUT2D eigenvalue weighted by Crippen LogP contribution is -2.13. The minimum atomic E-state index is 0.426. The van der Waals surface area contributed by atoms with Gasteiger partial charge in [-0.2, -0.15) is 0 Å². The van der Waals surface area contributed by atoms with Crippen molar-refractivity contribution in [2.24, 2.45) is 0 Å². The molecule has 16 heavy (non-hydrogen) atoms. The first-order chi connectivity index (χ1) is 7.92. The maximum absolute atomic E-state index is 5.64. The van der Waals surface area contributed by atoms with Gasteiger partial charge in [-0.05, 0) is 32.2 Å². The molecule has 0 spiro atoms. The summed E-state index contributed by atoms with van der Waals surface area (Å²) in [5.41, 5.74) is 1.25. The molecule has 0 aliphatic carbocycles. The Bertz CT molecular complexity index is 341. The van der Waals surface area contributed by atoms with Gasteiger partial charge in [0, 0.05) is 18.4 Å². The average molecular weight is 238 g/mol. The Morgan fingerprint density at radius 1 is 1.44 bits per heavy atom. The second kappa shape index (κ2) is 4.82. The summed E-state index contributed by atoms with van der Waals surface area (Å²) in [4.78, 5) is 4.73. The van der Waals surface area contributed by atoms with Crippen LogP contribution in [-0.2, 0) is 11.2 Å². The lowest BCUT2D eigenvalue weighted by Gasteiger charge is -2.07. The van der Waals surface area contributed by atoms with Gasteiger partial charge < -0.3 is 10.1 Å². The van der Waals surface area contributed by atoms with Gasteiger partial charge in [-0.15, -0.1) is 11.3 Å². The van der Waals surface area contributed by atoms with Crippen molar-refractivity contribution in [1.82, 2.24) is 10.3 Å². The molecule has 2 atom stereocenters. The zero-order valence-electron chi connectivity index (χ0n) is 9.45. The lowest BCUT2D eigenvalue weighted by molar-refractivity contribution is 0.111. The molecular weight excluding hydrogens is 220 g/mol. The Kier molecular flexibility index (Phi) is 3.22. The standard InChI is InChI=1S/C12H18N2OS/c1-4-10(13-5-1)11-8-16-12(14-11)7-9-3-2-6-15-9/h8-10,13H,1-7H2. The Morgan fingerprint density at radius 3 is 3.19 bits per heavy atom.